The third kappa shape index (κ3) is 5.52. The molecule has 0 atom stereocenters. The number of methoxy groups -OCH3 is 2. The molecule has 3 aromatic carbocycles. The standard InChI is InChI=1S/C26H27ClN2O4/c1-31-23-7-4-8-24(17-23)33-18-20-15-19(9-10-25(20)32-2)26(30)29-13-11-28(12-14-29)22-6-3-5-21(27)16-22/h3-10,15-17H,11-14,18H2,1-2H3. The summed E-state index contributed by atoms with van der Waals surface area (Å²) in [6, 6.07) is 20.7. The van der Waals surface area contributed by atoms with Crippen LogP contribution in [0.15, 0.2) is 66.7 Å². The minimum atomic E-state index is 0.00558. The van der Waals surface area contributed by atoms with Crippen LogP contribution in [0.4, 0.5) is 5.69 Å². The number of amides is 1. The first-order valence-electron chi connectivity index (χ1n) is 10.8. The van der Waals surface area contributed by atoms with Gasteiger partial charge < -0.3 is 24.0 Å². The Kier molecular flexibility index (Phi) is 7.25. The van der Waals surface area contributed by atoms with Crippen LogP contribution in [0.2, 0.25) is 5.02 Å². The molecule has 0 N–H and O–H groups in total. The molecule has 6 nitrogen and oxygen atoms in total. The fourth-order valence-corrected chi connectivity index (χ4v) is 4.08. The van der Waals surface area contributed by atoms with E-state index in [9.17, 15) is 4.79 Å². The van der Waals surface area contributed by atoms with Crippen molar-refractivity contribution in [3.8, 4) is 17.2 Å². The summed E-state index contributed by atoms with van der Waals surface area (Å²) < 4.78 is 16.7. The van der Waals surface area contributed by atoms with Gasteiger partial charge in [0.2, 0.25) is 0 Å². The highest BCUT2D eigenvalue weighted by Gasteiger charge is 2.23. The molecule has 0 radical (unpaired) electrons. The van der Waals surface area contributed by atoms with Crippen molar-refractivity contribution < 1.29 is 19.0 Å². The van der Waals surface area contributed by atoms with Crippen LogP contribution in [-0.4, -0.2) is 51.2 Å². The zero-order valence-electron chi connectivity index (χ0n) is 18.8. The SMILES string of the molecule is COc1cccc(OCc2cc(C(=O)N3CCN(c4cccc(Cl)c4)CC3)ccc2OC)c1. The molecule has 1 aliphatic heterocycles. The van der Waals surface area contributed by atoms with E-state index in [-0.39, 0.29) is 12.5 Å². The molecule has 7 heteroatoms. The highest BCUT2D eigenvalue weighted by atomic mass is 35.5. The lowest BCUT2D eigenvalue weighted by atomic mass is 10.1. The van der Waals surface area contributed by atoms with E-state index in [2.05, 4.69) is 4.90 Å². The smallest absolute Gasteiger partial charge is 0.253 e. The third-order valence-corrected chi connectivity index (χ3v) is 5.94. The number of carbonyl (C=O) groups excluding carboxylic acids is 1. The lowest BCUT2D eigenvalue weighted by Gasteiger charge is -2.36. The summed E-state index contributed by atoms with van der Waals surface area (Å²) in [5.41, 5.74) is 2.51. The molecule has 1 heterocycles. The molecule has 0 aromatic heterocycles. The molecule has 1 amide bonds. The molecule has 172 valence electrons. The van der Waals surface area contributed by atoms with Crippen molar-refractivity contribution in [2.45, 2.75) is 6.61 Å². The van der Waals surface area contributed by atoms with Crippen LogP contribution in [-0.2, 0) is 6.61 Å². The zero-order chi connectivity index (χ0) is 23.2. The molecule has 3 aromatic rings. The molecular formula is C26H27ClN2O4. The van der Waals surface area contributed by atoms with E-state index in [1.54, 1.807) is 20.3 Å². The van der Waals surface area contributed by atoms with Crippen molar-refractivity contribution in [2.24, 2.45) is 0 Å². The first-order valence-corrected chi connectivity index (χ1v) is 11.2. The molecule has 0 saturated carbocycles. The summed E-state index contributed by atoms with van der Waals surface area (Å²) in [6.45, 7) is 3.09. The number of piperazine rings is 1. The topological polar surface area (TPSA) is 51.2 Å². The highest BCUT2D eigenvalue weighted by Crippen LogP contribution is 2.26. The van der Waals surface area contributed by atoms with Gasteiger partial charge in [0.25, 0.3) is 5.91 Å². The maximum Gasteiger partial charge on any atom is 0.253 e. The molecule has 0 aliphatic carbocycles. The van der Waals surface area contributed by atoms with Gasteiger partial charge in [0, 0.05) is 54.1 Å². The van der Waals surface area contributed by atoms with E-state index in [4.69, 9.17) is 25.8 Å². The summed E-state index contributed by atoms with van der Waals surface area (Å²) in [5.74, 6) is 2.09. The summed E-state index contributed by atoms with van der Waals surface area (Å²) in [7, 11) is 3.23. The Hall–Kier alpha value is -3.38. The van der Waals surface area contributed by atoms with Gasteiger partial charge >= 0.3 is 0 Å². The number of hydrogen-bond donors (Lipinski definition) is 0. The second kappa shape index (κ2) is 10.5. The number of carbonyl (C=O) groups is 1. The maximum atomic E-state index is 13.2. The molecule has 4 rings (SSSR count). The summed E-state index contributed by atoms with van der Waals surface area (Å²) in [4.78, 5) is 17.3. The average Bonchev–Trinajstić information content (AvgIpc) is 2.87. The lowest BCUT2D eigenvalue weighted by molar-refractivity contribution is 0.0746. The molecule has 0 spiro atoms. The fraction of sp³-hybridized carbons (Fsp3) is 0.269. The van der Waals surface area contributed by atoms with Crippen molar-refractivity contribution in [1.82, 2.24) is 4.90 Å². The third-order valence-electron chi connectivity index (χ3n) is 5.70. The number of rotatable bonds is 7. The Morgan fingerprint density at radius 1 is 0.879 bits per heavy atom. The Bertz CT molecular complexity index is 1110. The van der Waals surface area contributed by atoms with Gasteiger partial charge in [0.05, 0.1) is 14.2 Å². The van der Waals surface area contributed by atoms with Crippen molar-refractivity contribution in [3.05, 3.63) is 82.9 Å². The lowest BCUT2D eigenvalue weighted by Crippen LogP contribution is -2.48. The summed E-state index contributed by atoms with van der Waals surface area (Å²) in [6.07, 6.45) is 0. The van der Waals surface area contributed by atoms with E-state index in [0.717, 1.165) is 30.1 Å². The quantitative estimate of drug-likeness (QED) is 0.495. The first-order chi connectivity index (χ1) is 16.1. The van der Waals surface area contributed by atoms with Gasteiger partial charge in [-0.05, 0) is 48.5 Å². The number of ether oxygens (including phenoxy) is 3. The number of hydrogen-bond acceptors (Lipinski definition) is 5. The summed E-state index contributed by atoms with van der Waals surface area (Å²) in [5, 5.41) is 0.716. The molecule has 1 aliphatic rings. The molecule has 0 bridgehead atoms. The van der Waals surface area contributed by atoms with Crippen LogP contribution in [0.5, 0.6) is 17.2 Å². The average molecular weight is 467 g/mol. The Morgan fingerprint density at radius 3 is 2.36 bits per heavy atom. The predicted octanol–water partition coefficient (Wildman–Crippen LogP) is 4.90. The second-order valence-electron chi connectivity index (χ2n) is 7.75. The number of nitrogens with zero attached hydrogens (tertiary/aromatic N) is 2. The van der Waals surface area contributed by atoms with Crippen molar-refractivity contribution >= 4 is 23.2 Å². The molecule has 1 fully saturated rings. The number of benzene rings is 3. The van der Waals surface area contributed by atoms with Crippen molar-refractivity contribution in [2.75, 3.05) is 45.3 Å². The van der Waals surface area contributed by atoms with Gasteiger partial charge in [-0.3, -0.25) is 4.79 Å². The van der Waals surface area contributed by atoms with Gasteiger partial charge in [0.1, 0.15) is 23.9 Å². The number of halogens is 1. The Morgan fingerprint density at radius 2 is 1.64 bits per heavy atom. The fourth-order valence-electron chi connectivity index (χ4n) is 3.90. The van der Waals surface area contributed by atoms with Crippen molar-refractivity contribution in [1.29, 1.82) is 0 Å². The van der Waals surface area contributed by atoms with Crippen LogP contribution in [0.25, 0.3) is 0 Å². The van der Waals surface area contributed by atoms with Gasteiger partial charge in [-0.2, -0.15) is 0 Å². The van der Waals surface area contributed by atoms with Gasteiger partial charge in [-0.1, -0.05) is 23.7 Å². The van der Waals surface area contributed by atoms with Crippen LogP contribution >= 0.6 is 11.6 Å². The van der Waals surface area contributed by atoms with E-state index in [1.165, 1.54) is 0 Å². The normalized spacial score (nSPS) is 13.5. The van der Waals surface area contributed by atoms with E-state index < -0.39 is 0 Å². The van der Waals surface area contributed by atoms with Gasteiger partial charge in [-0.15, -0.1) is 0 Å². The largest absolute Gasteiger partial charge is 0.497 e. The number of anilines is 1. The van der Waals surface area contributed by atoms with E-state index >= 15 is 0 Å². The van der Waals surface area contributed by atoms with Gasteiger partial charge in [-0.25, -0.2) is 0 Å². The van der Waals surface area contributed by atoms with Crippen LogP contribution in [0, 0.1) is 0 Å². The van der Waals surface area contributed by atoms with E-state index in [1.807, 2.05) is 65.6 Å². The van der Waals surface area contributed by atoms with Crippen LogP contribution in [0.1, 0.15) is 15.9 Å². The summed E-state index contributed by atoms with van der Waals surface area (Å²) >= 11 is 6.12. The van der Waals surface area contributed by atoms with Gasteiger partial charge in [0.15, 0.2) is 0 Å². The highest BCUT2D eigenvalue weighted by molar-refractivity contribution is 6.30. The van der Waals surface area contributed by atoms with Crippen LogP contribution < -0.4 is 19.1 Å². The first kappa shape index (κ1) is 22.8. The van der Waals surface area contributed by atoms with Crippen LogP contribution in [0.3, 0.4) is 0 Å². The zero-order valence-corrected chi connectivity index (χ0v) is 19.5. The molecular weight excluding hydrogens is 440 g/mol. The second-order valence-corrected chi connectivity index (χ2v) is 8.19. The molecule has 1 saturated heterocycles. The molecule has 33 heavy (non-hydrogen) atoms. The maximum absolute atomic E-state index is 13.2. The predicted molar refractivity (Wildman–Crippen MR) is 130 cm³/mol. The Balaban J connectivity index is 1.42. The van der Waals surface area contributed by atoms with Crippen molar-refractivity contribution in [3.63, 3.8) is 0 Å². The minimum Gasteiger partial charge on any atom is -0.497 e. The minimum absolute atomic E-state index is 0.00558. The van der Waals surface area contributed by atoms with E-state index in [0.29, 0.717) is 35.2 Å². The monoisotopic (exact) mass is 466 g/mol. The Labute approximate surface area is 199 Å². The molecule has 0 unspecified atom stereocenters.